The first-order valence-corrected chi connectivity index (χ1v) is 8.43. The Bertz CT molecular complexity index is 689. The van der Waals surface area contributed by atoms with E-state index in [4.69, 9.17) is 5.73 Å². The monoisotopic (exact) mass is 379 g/mol. The van der Waals surface area contributed by atoms with Crippen LogP contribution in [0.4, 0.5) is 5.69 Å². The zero-order chi connectivity index (χ0) is 18.3. The predicted molar refractivity (Wildman–Crippen MR) is 105 cm³/mol. The molecule has 1 heterocycles. The molecule has 0 atom stereocenters. The quantitative estimate of drug-likeness (QED) is 0.653. The van der Waals surface area contributed by atoms with E-state index in [1.807, 2.05) is 38.2 Å². The van der Waals surface area contributed by atoms with E-state index in [-0.39, 0.29) is 37.3 Å². The molecule has 0 bridgehead atoms. The van der Waals surface area contributed by atoms with E-state index in [0.29, 0.717) is 18.5 Å². The molecular formula is C18H26ClN5O2. The normalized spacial score (nSPS) is 10.7. The number of hydrogen-bond acceptors (Lipinski definition) is 4. The molecule has 0 spiro atoms. The molecule has 1 aromatic carbocycles. The minimum Gasteiger partial charge on any atom is -0.347 e. The van der Waals surface area contributed by atoms with Crippen molar-refractivity contribution in [1.29, 1.82) is 0 Å². The summed E-state index contributed by atoms with van der Waals surface area (Å²) in [6.45, 7) is 4.04. The zero-order valence-corrected chi connectivity index (χ0v) is 15.9. The van der Waals surface area contributed by atoms with Gasteiger partial charge in [0.05, 0.1) is 17.6 Å². The fraction of sp³-hybridized carbons (Fsp3) is 0.389. The Morgan fingerprint density at radius 2 is 1.85 bits per heavy atom. The third-order valence-corrected chi connectivity index (χ3v) is 4.56. The summed E-state index contributed by atoms with van der Waals surface area (Å²) >= 11 is 0. The minimum absolute atomic E-state index is 0. The molecule has 0 fully saturated rings. The molecular weight excluding hydrogens is 354 g/mol. The second kappa shape index (κ2) is 9.94. The Balaban J connectivity index is 0.00000338. The van der Waals surface area contributed by atoms with Gasteiger partial charge in [-0.25, -0.2) is 4.68 Å². The van der Waals surface area contributed by atoms with Gasteiger partial charge in [0.2, 0.25) is 11.8 Å². The number of rotatable bonds is 8. The van der Waals surface area contributed by atoms with E-state index < -0.39 is 5.41 Å². The number of amides is 2. The first-order chi connectivity index (χ1) is 12.0. The summed E-state index contributed by atoms with van der Waals surface area (Å²) in [5.41, 5.74) is 6.70. The van der Waals surface area contributed by atoms with Crippen LogP contribution < -0.4 is 16.4 Å². The Labute approximate surface area is 159 Å². The molecule has 0 aliphatic heterocycles. The van der Waals surface area contributed by atoms with Crippen molar-refractivity contribution in [1.82, 2.24) is 15.1 Å². The van der Waals surface area contributed by atoms with Crippen molar-refractivity contribution in [2.75, 3.05) is 18.4 Å². The van der Waals surface area contributed by atoms with Crippen molar-refractivity contribution in [2.45, 2.75) is 26.7 Å². The summed E-state index contributed by atoms with van der Waals surface area (Å²) in [4.78, 5) is 24.4. The van der Waals surface area contributed by atoms with Crippen LogP contribution in [0.3, 0.4) is 0 Å². The first-order valence-electron chi connectivity index (χ1n) is 8.43. The molecule has 142 valence electrons. The number of hydrogen-bond donors (Lipinski definition) is 3. The average Bonchev–Trinajstić information content (AvgIpc) is 3.17. The van der Waals surface area contributed by atoms with Gasteiger partial charge in [0.1, 0.15) is 0 Å². The highest BCUT2D eigenvalue weighted by atomic mass is 35.5. The van der Waals surface area contributed by atoms with Gasteiger partial charge in [0.25, 0.3) is 0 Å². The Morgan fingerprint density at radius 3 is 2.35 bits per heavy atom. The molecule has 2 amide bonds. The fourth-order valence-corrected chi connectivity index (χ4v) is 2.62. The number of aromatic nitrogens is 2. The number of nitrogens with one attached hydrogen (secondary N) is 2. The number of nitrogens with two attached hydrogens (primary N) is 1. The molecule has 7 nitrogen and oxygen atoms in total. The van der Waals surface area contributed by atoms with E-state index in [9.17, 15) is 9.59 Å². The number of halogens is 1. The standard InChI is InChI=1S/C18H25N5O2.ClH/c1-3-18(4-2,13-19)17(25)20-12-16(24)22-14-6-8-15(9-7-14)23-11-5-10-21-23;/h5-11H,3-4,12-13,19H2,1-2H3,(H,20,25)(H,22,24);1H. The second-order valence-corrected chi connectivity index (χ2v) is 5.92. The summed E-state index contributed by atoms with van der Waals surface area (Å²) in [6, 6.07) is 9.13. The van der Waals surface area contributed by atoms with Crippen molar-refractivity contribution in [3.63, 3.8) is 0 Å². The van der Waals surface area contributed by atoms with Crippen LogP contribution in [0.1, 0.15) is 26.7 Å². The lowest BCUT2D eigenvalue weighted by atomic mass is 9.81. The molecule has 4 N–H and O–H groups in total. The number of carbonyl (C=O) groups excluding carboxylic acids is 2. The van der Waals surface area contributed by atoms with Gasteiger partial charge in [-0.2, -0.15) is 5.10 Å². The van der Waals surface area contributed by atoms with Gasteiger partial charge < -0.3 is 16.4 Å². The third kappa shape index (κ3) is 5.06. The third-order valence-electron chi connectivity index (χ3n) is 4.56. The van der Waals surface area contributed by atoms with E-state index in [0.717, 1.165) is 5.69 Å². The van der Waals surface area contributed by atoms with Crippen molar-refractivity contribution < 1.29 is 9.59 Å². The van der Waals surface area contributed by atoms with E-state index in [2.05, 4.69) is 15.7 Å². The largest absolute Gasteiger partial charge is 0.347 e. The summed E-state index contributed by atoms with van der Waals surface area (Å²) in [7, 11) is 0. The smallest absolute Gasteiger partial charge is 0.243 e. The SMILES string of the molecule is CCC(CC)(CN)C(=O)NCC(=O)Nc1ccc(-n2cccn2)cc1.Cl. The molecule has 0 aliphatic carbocycles. The van der Waals surface area contributed by atoms with Crippen LogP contribution in [0.25, 0.3) is 5.69 Å². The maximum atomic E-state index is 12.3. The lowest BCUT2D eigenvalue weighted by Gasteiger charge is -2.28. The molecule has 2 rings (SSSR count). The van der Waals surface area contributed by atoms with Gasteiger partial charge in [-0.15, -0.1) is 12.4 Å². The number of anilines is 1. The van der Waals surface area contributed by atoms with E-state index in [1.54, 1.807) is 23.0 Å². The molecule has 0 radical (unpaired) electrons. The molecule has 1 aromatic heterocycles. The minimum atomic E-state index is -0.605. The molecule has 0 saturated carbocycles. The van der Waals surface area contributed by atoms with Crippen molar-refractivity contribution in [2.24, 2.45) is 11.1 Å². The Kier molecular flexibility index (Phi) is 8.28. The van der Waals surface area contributed by atoms with Gasteiger partial charge >= 0.3 is 0 Å². The van der Waals surface area contributed by atoms with Crippen molar-refractivity contribution >= 4 is 29.9 Å². The van der Waals surface area contributed by atoms with Gasteiger partial charge in [-0.05, 0) is 43.2 Å². The van der Waals surface area contributed by atoms with Gasteiger partial charge in [0.15, 0.2) is 0 Å². The number of nitrogens with zero attached hydrogens (tertiary/aromatic N) is 2. The number of benzene rings is 1. The predicted octanol–water partition coefficient (Wildman–Crippen LogP) is 2.11. The van der Waals surface area contributed by atoms with Gasteiger partial charge in [0, 0.05) is 24.6 Å². The molecule has 0 aliphatic rings. The lowest BCUT2D eigenvalue weighted by molar-refractivity contribution is -0.132. The van der Waals surface area contributed by atoms with Crippen LogP contribution in [0, 0.1) is 5.41 Å². The molecule has 8 heteroatoms. The Morgan fingerprint density at radius 1 is 1.19 bits per heavy atom. The van der Waals surface area contributed by atoms with E-state index in [1.165, 1.54) is 0 Å². The molecule has 26 heavy (non-hydrogen) atoms. The molecule has 2 aromatic rings. The molecule has 0 unspecified atom stereocenters. The zero-order valence-electron chi connectivity index (χ0n) is 15.1. The van der Waals surface area contributed by atoms with Gasteiger partial charge in [-0.1, -0.05) is 13.8 Å². The van der Waals surface area contributed by atoms with Crippen LogP contribution >= 0.6 is 12.4 Å². The Hall–Kier alpha value is -2.38. The van der Waals surface area contributed by atoms with Crippen LogP contribution in [-0.4, -0.2) is 34.7 Å². The summed E-state index contributed by atoms with van der Waals surface area (Å²) in [6.07, 6.45) is 4.82. The summed E-state index contributed by atoms with van der Waals surface area (Å²) in [5.74, 6) is -0.456. The fourth-order valence-electron chi connectivity index (χ4n) is 2.62. The lowest BCUT2D eigenvalue weighted by Crippen LogP contribution is -2.47. The summed E-state index contributed by atoms with van der Waals surface area (Å²) < 4.78 is 1.73. The topological polar surface area (TPSA) is 102 Å². The number of carbonyl (C=O) groups is 2. The molecule has 0 saturated heterocycles. The van der Waals surface area contributed by atoms with Crippen LogP contribution in [0.2, 0.25) is 0 Å². The van der Waals surface area contributed by atoms with Crippen molar-refractivity contribution in [3.05, 3.63) is 42.7 Å². The summed E-state index contributed by atoms with van der Waals surface area (Å²) in [5, 5.41) is 9.59. The highest BCUT2D eigenvalue weighted by Gasteiger charge is 2.33. The second-order valence-electron chi connectivity index (χ2n) is 5.92. The van der Waals surface area contributed by atoms with Crippen molar-refractivity contribution in [3.8, 4) is 5.69 Å². The van der Waals surface area contributed by atoms with Crippen LogP contribution in [-0.2, 0) is 9.59 Å². The maximum Gasteiger partial charge on any atom is 0.243 e. The maximum absolute atomic E-state index is 12.3. The highest BCUT2D eigenvalue weighted by Crippen LogP contribution is 2.24. The average molecular weight is 380 g/mol. The highest BCUT2D eigenvalue weighted by molar-refractivity contribution is 5.95. The van der Waals surface area contributed by atoms with Gasteiger partial charge in [-0.3, -0.25) is 9.59 Å². The van der Waals surface area contributed by atoms with E-state index >= 15 is 0 Å². The van der Waals surface area contributed by atoms with Crippen LogP contribution in [0.5, 0.6) is 0 Å². The van der Waals surface area contributed by atoms with Crippen LogP contribution in [0.15, 0.2) is 42.7 Å². The first kappa shape index (κ1) is 21.7.